The van der Waals surface area contributed by atoms with Gasteiger partial charge in [-0.3, -0.25) is 9.52 Å². The van der Waals surface area contributed by atoms with E-state index in [4.69, 9.17) is 16.3 Å². The molecular formula is C21H21ClN4O4S2. The summed E-state index contributed by atoms with van der Waals surface area (Å²) in [6.45, 7) is 1.90. The fourth-order valence-electron chi connectivity index (χ4n) is 3.14. The lowest BCUT2D eigenvalue weighted by Crippen LogP contribution is -2.24. The quantitative estimate of drug-likeness (QED) is 0.493. The number of anilines is 2. The Morgan fingerprint density at radius 3 is 2.47 bits per heavy atom. The molecular weight excluding hydrogens is 472 g/mol. The van der Waals surface area contributed by atoms with Crippen LogP contribution in [-0.2, 0) is 10.0 Å². The minimum Gasteiger partial charge on any atom is -0.487 e. The minimum absolute atomic E-state index is 0.252. The number of carbonyl (C=O) groups excluding carboxylic acids is 1. The SMILES string of the molecule is Cc1sc(C(=O)Nc2cc(Cl)cc(NS(C)(=O)=O)c2)cc1-c1ncc(OC2CCC2)cn1. The zero-order valence-electron chi connectivity index (χ0n) is 17.4. The normalized spacial score (nSPS) is 14.0. The Balaban J connectivity index is 1.49. The number of halogens is 1. The molecule has 2 aromatic heterocycles. The Hall–Kier alpha value is -2.69. The lowest BCUT2D eigenvalue weighted by atomic mass is 9.96. The van der Waals surface area contributed by atoms with Gasteiger partial charge in [-0.25, -0.2) is 18.4 Å². The Kier molecular flexibility index (Phi) is 6.36. The zero-order chi connectivity index (χ0) is 22.9. The van der Waals surface area contributed by atoms with Gasteiger partial charge in [0.25, 0.3) is 5.91 Å². The van der Waals surface area contributed by atoms with Gasteiger partial charge in [0, 0.05) is 21.2 Å². The molecule has 0 spiro atoms. The van der Waals surface area contributed by atoms with E-state index in [0.29, 0.717) is 22.1 Å². The summed E-state index contributed by atoms with van der Waals surface area (Å²) in [5.74, 6) is 0.812. The first-order valence-electron chi connectivity index (χ1n) is 9.85. The van der Waals surface area contributed by atoms with Crippen molar-refractivity contribution >= 4 is 50.2 Å². The molecule has 1 aliphatic carbocycles. The van der Waals surface area contributed by atoms with Crippen molar-refractivity contribution in [1.82, 2.24) is 9.97 Å². The monoisotopic (exact) mass is 492 g/mol. The number of carbonyl (C=O) groups is 1. The molecule has 0 saturated heterocycles. The maximum atomic E-state index is 12.8. The van der Waals surface area contributed by atoms with Crippen LogP contribution in [0.5, 0.6) is 5.75 Å². The summed E-state index contributed by atoms with van der Waals surface area (Å²) in [6, 6.07) is 6.23. The molecule has 3 aromatic rings. The molecule has 0 unspecified atom stereocenters. The van der Waals surface area contributed by atoms with E-state index in [2.05, 4.69) is 20.0 Å². The predicted octanol–water partition coefficient (Wildman–Crippen LogP) is 4.72. The van der Waals surface area contributed by atoms with Gasteiger partial charge in [-0.15, -0.1) is 11.3 Å². The Bertz CT molecular complexity index is 1260. The number of benzene rings is 1. The van der Waals surface area contributed by atoms with Crippen LogP contribution in [0.1, 0.15) is 33.8 Å². The van der Waals surface area contributed by atoms with E-state index in [-0.39, 0.29) is 22.7 Å². The number of hydrogen-bond acceptors (Lipinski definition) is 7. The van der Waals surface area contributed by atoms with Crippen molar-refractivity contribution in [2.24, 2.45) is 0 Å². The van der Waals surface area contributed by atoms with Crippen LogP contribution >= 0.6 is 22.9 Å². The number of sulfonamides is 1. The third-order valence-corrected chi connectivity index (χ3v) is 6.70. The van der Waals surface area contributed by atoms with Gasteiger partial charge in [0.2, 0.25) is 10.0 Å². The lowest BCUT2D eigenvalue weighted by molar-refractivity contribution is 0.103. The molecule has 2 N–H and O–H groups in total. The second-order valence-electron chi connectivity index (χ2n) is 7.55. The highest BCUT2D eigenvalue weighted by Gasteiger charge is 2.20. The van der Waals surface area contributed by atoms with Crippen LogP contribution in [0.15, 0.2) is 36.7 Å². The highest BCUT2D eigenvalue weighted by atomic mass is 35.5. The van der Waals surface area contributed by atoms with Crippen molar-refractivity contribution in [3.05, 3.63) is 51.4 Å². The molecule has 8 nitrogen and oxygen atoms in total. The molecule has 4 rings (SSSR count). The smallest absolute Gasteiger partial charge is 0.265 e. The molecule has 0 bridgehead atoms. The average Bonchev–Trinajstić information content (AvgIpc) is 3.05. The van der Waals surface area contributed by atoms with Gasteiger partial charge in [0.05, 0.1) is 35.3 Å². The third kappa shape index (κ3) is 5.56. The number of rotatable bonds is 7. The second-order valence-corrected chi connectivity index (χ2v) is 11.0. The topological polar surface area (TPSA) is 110 Å². The van der Waals surface area contributed by atoms with E-state index < -0.39 is 10.0 Å². The Labute approximate surface area is 195 Å². The fraction of sp³-hybridized carbons (Fsp3) is 0.286. The number of amides is 1. The van der Waals surface area contributed by atoms with E-state index in [1.54, 1.807) is 18.5 Å². The molecule has 0 aliphatic heterocycles. The van der Waals surface area contributed by atoms with Gasteiger partial charge in [0.15, 0.2) is 11.6 Å². The molecule has 32 heavy (non-hydrogen) atoms. The summed E-state index contributed by atoms with van der Waals surface area (Å²) in [6.07, 6.45) is 7.90. The van der Waals surface area contributed by atoms with Gasteiger partial charge in [-0.05, 0) is 50.5 Å². The van der Waals surface area contributed by atoms with Crippen LogP contribution in [-0.4, -0.2) is 36.7 Å². The number of nitrogens with zero attached hydrogens (tertiary/aromatic N) is 2. The van der Waals surface area contributed by atoms with E-state index >= 15 is 0 Å². The first kappa shape index (κ1) is 22.5. The first-order chi connectivity index (χ1) is 15.2. The van der Waals surface area contributed by atoms with Crippen LogP contribution in [0.2, 0.25) is 5.02 Å². The number of ether oxygens (including phenoxy) is 1. The third-order valence-electron chi connectivity index (χ3n) is 4.82. The average molecular weight is 493 g/mol. The van der Waals surface area contributed by atoms with Crippen molar-refractivity contribution in [2.75, 3.05) is 16.3 Å². The molecule has 1 aromatic carbocycles. The molecule has 168 valence electrons. The van der Waals surface area contributed by atoms with E-state index in [1.807, 2.05) is 6.92 Å². The molecule has 1 aliphatic rings. The van der Waals surface area contributed by atoms with E-state index in [0.717, 1.165) is 29.5 Å². The van der Waals surface area contributed by atoms with Gasteiger partial charge in [-0.2, -0.15) is 0 Å². The molecule has 1 amide bonds. The van der Waals surface area contributed by atoms with Gasteiger partial charge >= 0.3 is 0 Å². The molecule has 0 radical (unpaired) electrons. The molecule has 0 atom stereocenters. The van der Waals surface area contributed by atoms with Gasteiger partial charge < -0.3 is 10.1 Å². The second kappa shape index (κ2) is 9.05. The van der Waals surface area contributed by atoms with Crippen LogP contribution in [0.4, 0.5) is 11.4 Å². The zero-order valence-corrected chi connectivity index (χ0v) is 19.8. The summed E-state index contributed by atoms with van der Waals surface area (Å²) >= 11 is 7.38. The molecule has 11 heteroatoms. The number of thiophene rings is 1. The largest absolute Gasteiger partial charge is 0.487 e. The minimum atomic E-state index is -3.47. The maximum Gasteiger partial charge on any atom is 0.265 e. The van der Waals surface area contributed by atoms with E-state index in [1.165, 1.54) is 36.0 Å². The van der Waals surface area contributed by atoms with Crippen molar-refractivity contribution in [2.45, 2.75) is 32.3 Å². The van der Waals surface area contributed by atoms with Gasteiger partial charge in [-0.1, -0.05) is 11.6 Å². The summed E-state index contributed by atoms with van der Waals surface area (Å²) in [5.41, 5.74) is 1.40. The number of hydrogen-bond donors (Lipinski definition) is 2. The highest BCUT2D eigenvalue weighted by Crippen LogP contribution is 2.31. The van der Waals surface area contributed by atoms with Crippen molar-refractivity contribution < 1.29 is 17.9 Å². The first-order valence-corrected chi connectivity index (χ1v) is 12.9. The van der Waals surface area contributed by atoms with Gasteiger partial charge in [0.1, 0.15) is 0 Å². The van der Waals surface area contributed by atoms with Crippen molar-refractivity contribution in [3.8, 4) is 17.1 Å². The van der Waals surface area contributed by atoms with Crippen LogP contribution in [0.3, 0.4) is 0 Å². The summed E-state index contributed by atoms with van der Waals surface area (Å²) < 4.78 is 31.1. The molecule has 2 heterocycles. The highest BCUT2D eigenvalue weighted by molar-refractivity contribution is 7.92. The number of aromatic nitrogens is 2. The van der Waals surface area contributed by atoms with E-state index in [9.17, 15) is 13.2 Å². The lowest BCUT2D eigenvalue weighted by Gasteiger charge is -2.25. The van der Waals surface area contributed by atoms with Crippen LogP contribution < -0.4 is 14.8 Å². The Morgan fingerprint density at radius 2 is 1.84 bits per heavy atom. The maximum absolute atomic E-state index is 12.8. The Morgan fingerprint density at radius 1 is 1.16 bits per heavy atom. The van der Waals surface area contributed by atoms with Crippen LogP contribution in [0, 0.1) is 6.92 Å². The molecule has 1 saturated carbocycles. The van der Waals surface area contributed by atoms with Crippen molar-refractivity contribution in [3.63, 3.8) is 0 Å². The summed E-state index contributed by atoms with van der Waals surface area (Å²) in [5, 5.41) is 3.04. The number of aryl methyl sites for hydroxylation is 1. The summed E-state index contributed by atoms with van der Waals surface area (Å²) in [7, 11) is -3.47. The standard InChI is InChI=1S/C21H21ClN4O4S2/c1-12-18(20-23-10-17(11-24-20)30-16-4-3-5-16)9-19(31-12)21(27)25-14-6-13(22)7-15(8-14)26-32(2,28)29/h6-11,16,26H,3-5H2,1-2H3,(H,25,27). The fourth-order valence-corrected chi connectivity index (χ4v) is 4.83. The van der Waals surface area contributed by atoms with Crippen LogP contribution in [0.25, 0.3) is 11.4 Å². The summed E-state index contributed by atoms with van der Waals surface area (Å²) in [4.78, 5) is 22.9. The van der Waals surface area contributed by atoms with Crippen molar-refractivity contribution in [1.29, 1.82) is 0 Å². The molecule has 1 fully saturated rings. The predicted molar refractivity (Wildman–Crippen MR) is 126 cm³/mol. The number of nitrogens with one attached hydrogen (secondary N) is 2.